The lowest BCUT2D eigenvalue weighted by atomic mass is 9.88. The number of hydrogen-bond donors (Lipinski definition) is 1. The fraction of sp³-hybridized carbons (Fsp3) is 0.350. The van der Waals surface area contributed by atoms with Crippen molar-refractivity contribution in [2.75, 3.05) is 18.1 Å². The summed E-state index contributed by atoms with van der Waals surface area (Å²) in [6.07, 6.45) is 2.03. The van der Waals surface area contributed by atoms with E-state index < -0.39 is 11.6 Å². The molecular formula is C20H20ClN3O3. The molecule has 1 aromatic heterocycles. The van der Waals surface area contributed by atoms with Gasteiger partial charge < -0.3 is 14.7 Å². The van der Waals surface area contributed by atoms with Crippen LogP contribution in [0.4, 0.5) is 5.69 Å². The van der Waals surface area contributed by atoms with E-state index >= 15 is 0 Å². The largest absolute Gasteiger partial charge is 0.461 e. The van der Waals surface area contributed by atoms with Crippen molar-refractivity contribution >= 4 is 23.3 Å². The van der Waals surface area contributed by atoms with Gasteiger partial charge in [0.2, 0.25) is 0 Å². The average molecular weight is 386 g/mol. The van der Waals surface area contributed by atoms with E-state index in [4.69, 9.17) is 21.6 Å². The molecule has 0 aliphatic carbocycles. The Kier molecular flexibility index (Phi) is 5.36. The van der Waals surface area contributed by atoms with E-state index in [9.17, 15) is 9.90 Å². The number of ether oxygens (including phenoxy) is 1. The van der Waals surface area contributed by atoms with E-state index in [1.165, 1.54) is 6.20 Å². The molecule has 2 heterocycles. The first-order chi connectivity index (χ1) is 12.9. The van der Waals surface area contributed by atoms with Gasteiger partial charge in [0.15, 0.2) is 0 Å². The van der Waals surface area contributed by atoms with Crippen LogP contribution < -0.4 is 4.90 Å². The van der Waals surface area contributed by atoms with Crippen LogP contribution in [0.3, 0.4) is 0 Å². The maximum absolute atomic E-state index is 11.8. The summed E-state index contributed by atoms with van der Waals surface area (Å²) >= 11 is 6.15. The highest BCUT2D eigenvalue weighted by molar-refractivity contribution is 6.32. The van der Waals surface area contributed by atoms with Crippen molar-refractivity contribution in [3.05, 3.63) is 58.4 Å². The maximum atomic E-state index is 11.8. The molecule has 1 fully saturated rings. The molecular weight excluding hydrogens is 366 g/mol. The van der Waals surface area contributed by atoms with Gasteiger partial charge in [0, 0.05) is 24.0 Å². The number of carbonyl (C=O) groups excluding carboxylic acids is 1. The van der Waals surface area contributed by atoms with Crippen LogP contribution in [0, 0.1) is 11.3 Å². The van der Waals surface area contributed by atoms with Crippen LogP contribution in [0.2, 0.25) is 5.02 Å². The number of hydrogen-bond acceptors (Lipinski definition) is 6. The van der Waals surface area contributed by atoms with E-state index in [2.05, 4.69) is 4.98 Å². The van der Waals surface area contributed by atoms with E-state index in [1.54, 1.807) is 31.2 Å². The average Bonchev–Trinajstić information content (AvgIpc) is 2.98. The first kappa shape index (κ1) is 19.2. The SMILES string of the molecule is CCOC(=O)c1ccc([C@]2(O)CCN(c3ccc(C#N)c(Cl)c3)[C@H]2C)cn1. The van der Waals surface area contributed by atoms with Gasteiger partial charge in [-0.3, -0.25) is 0 Å². The fourth-order valence-corrected chi connectivity index (χ4v) is 3.66. The molecule has 0 spiro atoms. The van der Waals surface area contributed by atoms with E-state index in [0.717, 1.165) is 5.69 Å². The Balaban J connectivity index is 1.84. The van der Waals surface area contributed by atoms with Gasteiger partial charge in [-0.2, -0.15) is 5.26 Å². The predicted molar refractivity (Wildman–Crippen MR) is 102 cm³/mol. The highest BCUT2D eigenvalue weighted by atomic mass is 35.5. The third-order valence-electron chi connectivity index (χ3n) is 5.05. The minimum absolute atomic E-state index is 0.214. The molecule has 0 unspecified atom stereocenters. The van der Waals surface area contributed by atoms with Crippen molar-refractivity contribution in [3.63, 3.8) is 0 Å². The highest BCUT2D eigenvalue weighted by Gasteiger charge is 2.45. The molecule has 2 atom stereocenters. The first-order valence-corrected chi connectivity index (χ1v) is 9.11. The number of esters is 1. The minimum Gasteiger partial charge on any atom is -0.461 e. The Morgan fingerprint density at radius 1 is 1.48 bits per heavy atom. The van der Waals surface area contributed by atoms with Crippen LogP contribution in [0.5, 0.6) is 0 Å². The molecule has 7 heteroatoms. The second-order valence-corrected chi connectivity index (χ2v) is 6.88. The molecule has 1 N–H and O–H groups in total. The number of nitriles is 1. The Morgan fingerprint density at radius 3 is 2.85 bits per heavy atom. The lowest BCUT2D eigenvalue weighted by Crippen LogP contribution is -2.40. The van der Waals surface area contributed by atoms with Gasteiger partial charge >= 0.3 is 5.97 Å². The number of halogens is 1. The lowest BCUT2D eigenvalue weighted by Gasteiger charge is -2.32. The fourth-order valence-electron chi connectivity index (χ4n) is 3.44. The summed E-state index contributed by atoms with van der Waals surface area (Å²) in [5.41, 5.74) is 1.01. The van der Waals surface area contributed by atoms with Crippen molar-refractivity contribution in [1.29, 1.82) is 5.26 Å². The highest BCUT2D eigenvalue weighted by Crippen LogP contribution is 2.40. The van der Waals surface area contributed by atoms with Gasteiger partial charge in [-0.1, -0.05) is 17.7 Å². The molecule has 1 saturated heterocycles. The van der Waals surface area contributed by atoms with Crippen LogP contribution >= 0.6 is 11.6 Å². The molecule has 2 aromatic rings. The van der Waals surface area contributed by atoms with E-state index in [1.807, 2.05) is 24.0 Å². The van der Waals surface area contributed by atoms with Gasteiger partial charge in [-0.25, -0.2) is 9.78 Å². The van der Waals surface area contributed by atoms with Crippen molar-refractivity contribution in [2.45, 2.75) is 31.9 Å². The van der Waals surface area contributed by atoms with E-state index in [-0.39, 0.29) is 18.3 Å². The van der Waals surface area contributed by atoms with Crippen LogP contribution in [0.1, 0.15) is 41.9 Å². The van der Waals surface area contributed by atoms with Crippen LogP contribution in [0.15, 0.2) is 36.5 Å². The zero-order chi connectivity index (χ0) is 19.6. The number of benzene rings is 1. The molecule has 3 rings (SSSR count). The summed E-state index contributed by atoms with van der Waals surface area (Å²) in [4.78, 5) is 17.9. The molecule has 6 nitrogen and oxygen atoms in total. The topological polar surface area (TPSA) is 86.5 Å². The van der Waals surface area contributed by atoms with Crippen LogP contribution in [-0.2, 0) is 10.3 Å². The van der Waals surface area contributed by atoms with Gasteiger partial charge in [0.05, 0.1) is 23.2 Å². The standard InChI is InChI=1S/C20H20ClN3O3/c1-3-27-19(25)18-7-5-15(12-23-18)20(26)8-9-24(13(20)2)16-6-4-14(11-22)17(21)10-16/h4-7,10,12-13,26H,3,8-9H2,1-2H3/t13-,20-/m0/s1. The van der Waals surface area contributed by atoms with Gasteiger partial charge in [0.25, 0.3) is 0 Å². The second-order valence-electron chi connectivity index (χ2n) is 6.47. The normalized spacial score (nSPS) is 21.7. The molecule has 140 valence electrons. The van der Waals surface area contributed by atoms with Gasteiger partial charge in [0.1, 0.15) is 17.4 Å². The molecule has 0 bridgehead atoms. The Hall–Kier alpha value is -2.62. The zero-order valence-corrected chi connectivity index (χ0v) is 15.9. The number of carbonyl (C=O) groups is 1. The number of anilines is 1. The molecule has 1 aliphatic heterocycles. The predicted octanol–water partition coefficient (Wildman–Crippen LogP) is 3.27. The quantitative estimate of drug-likeness (QED) is 0.813. The summed E-state index contributed by atoms with van der Waals surface area (Å²) in [7, 11) is 0. The van der Waals surface area contributed by atoms with Gasteiger partial charge in [-0.15, -0.1) is 0 Å². The monoisotopic (exact) mass is 385 g/mol. The number of rotatable bonds is 4. The van der Waals surface area contributed by atoms with Crippen LogP contribution in [-0.4, -0.2) is 35.3 Å². The van der Waals surface area contributed by atoms with Crippen molar-refractivity contribution < 1.29 is 14.6 Å². The molecule has 1 aliphatic rings. The molecule has 0 radical (unpaired) electrons. The smallest absolute Gasteiger partial charge is 0.356 e. The van der Waals surface area contributed by atoms with Crippen LogP contribution in [0.25, 0.3) is 0 Å². The summed E-state index contributed by atoms with van der Waals surface area (Å²) in [6, 6.07) is 10.3. The Labute approximate surface area is 163 Å². The minimum atomic E-state index is -1.11. The Bertz CT molecular complexity index is 894. The first-order valence-electron chi connectivity index (χ1n) is 8.73. The molecule has 27 heavy (non-hydrogen) atoms. The molecule has 0 saturated carbocycles. The van der Waals surface area contributed by atoms with Crippen molar-refractivity contribution in [2.24, 2.45) is 0 Å². The summed E-state index contributed by atoms with van der Waals surface area (Å²) in [6.45, 7) is 4.57. The zero-order valence-electron chi connectivity index (χ0n) is 15.1. The Morgan fingerprint density at radius 2 is 2.26 bits per heavy atom. The molecule has 0 amide bonds. The number of nitrogens with zero attached hydrogens (tertiary/aromatic N) is 3. The summed E-state index contributed by atoms with van der Waals surface area (Å²) in [5.74, 6) is -0.482. The maximum Gasteiger partial charge on any atom is 0.356 e. The third kappa shape index (κ3) is 3.48. The number of pyridine rings is 1. The van der Waals surface area contributed by atoms with Crippen molar-refractivity contribution in [3.8, 4) is 6.07 Å². The number of aromatic nitrogens is 1. The summed E-state index contributed by atoms with van der Waals surface area (Å²) in [5, 5.41) is 20.7. The second kappa shape index (κ2) is 7.55. The van der Waals surface area contributed by atoms with E-state index in [0.29, 0.717) is 29.1 Å². The third-order valence-corrected chi connectivity index (χ3v) is 5.36. The number of aliphatic hydroxyl groups is 1. The lowest BCUT2D eigenvalue weighted by molar-refractivity contribution is 0.0324. The molecule has 1 aromatic carbocycles. The summed E-state index contributed by atoms with van der Waals surface area (Å²) < 4.78 is 4.94. The van der Waals surface area contributed by atoms with Gasteiger partial charge in [-0.05, 0) is 44.5 Å². The van der Waals surface area contributed by atoms with Crippen molar-refractivity contribution in [1.82, 2.24) is 4.98 Å².